The lowest BCUT2D eigenvalue weighted by molar-refractivity contribution is -0.351. The maximum atomic E-state index is 14.2. The zero-order chi connectivity index (χ0) is 32.0. The summed E-state index contributed by atoms with van der Waals surface area (Å²) < 4.78 is 31.0. The summed E-state index contributed by atoms with van der Waals surface area (Å²) in [4.78, 5) is 26.9. The van der Waals surface area contributed by atoms with Gasteiger partial charge in [0, 0.05) is 32.0 Å². The Labute approximate surface area is 276 Å². The van der Waals surface area contributed by atoms with Crippen molar-refractivity contribution >= 4 is 11.8 Å². The molecule has 0 spiro atoms. The lowest BCUT2D eigenvalue weighted by Gasteiger charge is -2.38. The number of benzene rings is 1. The first-order valence-electron chi connectivity index (χ1n) is 18.3. The van der Waals surface area contributed by atoms with Gasteiger partial charge in [-0.25, -0.2) is 4.79 Å². The second kappa shape index (κ2) is 18.3. The fraction of sp³-hybridized carbons (Fsp3) is 0.692. The summed E-state index contributed by atoms with van der Waals surface area (Å²) in [5, 5.41) is 0. The molecule has 5 rings (SSSR count). The normalized spacial score (nSPS) is 26.5. The summed E-state index contributed by atoms with van der Waals surface area (Å²) in [6.07, 6.45) is 25.2. The number of hydrogen-bond donors (Lipinski definition) is 0. The summed E-state index contributed by atoms with van der Waals surface area (Å²) in [7, 11) is 0. The lowest BCUT2D eigenvalue weighted by atomic mass is 9.91. The average molecular weight is 637 g/mol. The van der Waals surface area contributed by atoms with Crippen molar-refractivity contribution in [3.05, 3.63) is 53.6 Å². The van der Waals surface area contributed by atoms with Crippen LogP contribution in [0.4, 0.5) is 0 Å². The minimum atomic E-state index is -1.68. The van der Waals surface area contributed by atoms with Gasteiger partial charge < -0.3 is 23.7 Å². The van der Waals surface area contributed by atoms with E-state index in [2.05, 4.69) is 37.3 Å². The molecule has 4 atom stereocenters. The predicted octanol–water partition coefficient (Wildman–Crippen LogP) is 8.71. The first-order valence-corrected chi connectivity index (χ1v) is 18.3. The number of ketones is 1. The van der Waals surface area contributed by atoms with Crippen LogP contribution in [0.25, 0.3) is 0 Å². The molecular formula is C39H56O7. The molecule has 2 aliphatic heterocycles. The van der Waals surface area contributed by atoms with E-state index in [1.54, 1.807) is 0 Å². The molecule has 254 valence electrons. The molecule has 0 aromatic heterocycles. The third kappa shape index (κ3) is 10.1. The zero-order valence-corrected chi connectivity index (χ0v) is 28.1. The van der Waals surface area contributed by atoms with Crippen LogP contribution in [0.1, 0.15) is 127 Å². The number of ether oxygens (including phenoxy) is 5. The van der Waals surface area contributed by atoms with Crippen molar-refractivity contribution in [2.75, 3.05) is 13.2 Å². The minimum absolute atomic E-state index is 0.0245. The number of hydrogen-bond acceptors (Lipinski definition) is 7. The Hall–Kier alpha value is -2.32. The number of aryl methyl sites for hydroxylation is 2. The van der Waals surface area contributed by atoms with Gasteiger partial charge in [-0.2, -0.15) is 0 Å². The number of allylic oxidation sites excluding steroid dienone is 4. The maximum absolute atomic E-state index is 14.2. The van der Waals surface area contributed by atoms with E-state index >= 15 is 0 Å². The monoisotopic (exact) mass is 636 g/mol. The molecule has 2 saturated heterocycles. The van der Waals surface area contributed by atoms with Crippen LogP contribution in [0.3, 0.4) is 0 Å². The van der Waals surface area contributed by atoms with Gasteiger partial charge in [0.2, 0.25) is 0 Å². The van der Waals surface area contributed by atoms with Gasteiger partial charge in [-0.15, -0.1) is 0 Å². The number of carbonyl (C=O) groups excluding carboxylic acids is 2. The van der Waals surface area contributed by atoms with Gasteiger partial charge in [0.1, 0.15) is 11.5 Å². The highest BCUT2D eigenvalue weighted by Crippen LogP contribution is 2.35. The number of unbranched alkanes of at least 4 members (excludes halogenated alkanes) is 4. The van der Waals surface area contributed by atoms with E-state index < -0.39 is 24.3 Å². The van der Waals surface area contributed by atoms with Crippen LogP contribution in [0.5, 0.6) is 5.75 Å². The molecule has 7 heteroatoms. The van der Waals surface area contributed by atoms with Gasteiger partial charge in [0.25, 0.3) is 5.79 Å². The predicted molar refractivity (Wildman–Crippen MR) is 178 cm³/mol. The fourth-order valence-electron chi connectivity index (χ4n) is 7.24. The van der Waals surface area contributed by atoms with Crippen molar-refractivity contribution in [3.8, 4) is 5.75 Å². The zero-order valence-electron chi connectivity index (χ0n) is 28.1. The minimum Gasteiger partial charge on any atom is -0.423 e. The van der Waals surface area contributed by atoms with E-state index in [0.717, 1.165) is 57.8 Å². The maximum Gasteiger partial charge on any atom is 0.372 e. The van der Waals surface area contributed by atoms with E-state index in [-0.39, 0.29) is 12.3 Å². The summed E-state index contributed by atoms with van der Waals surface area (Å²) in [6.45, 7) is 3.41. The molecular weight excluding hydrogens is 580 g/mol. The van der Waals surface area contributed by atoms with Crippen LogP contribution in [0.15, 0.2) is 42.5 Å². The molecule has 2 heterocycles. The van der Waals surface area contributed by atoms with Gasteiger partial charge >= 0.3 is 5.97 Å². The molecule has 4 aliphatic rings. The van der Waals surface area contributed by atoms with Crippen LogP contribution in [-0.4, -0.2) is 43.3 Å². The van der Waals surface area contributed by atoms with Crippen LogP contribution in [0, 0.1) is 11.8 Å². The summed E-state index contributed by atoms with van der Waals surface area (Å²) in [5.74, 6) is -1.05. The van der Waals surface area contributed by atoms with Crippen molar-refractivity contribution < 1.29 is 33.3 Å². The molecule has 7 nitrogen and oxygen atoms in total. The van der Waals surface area contributed by atoms with E-state index in [4.69, 9.17) is 23.7 Å². The number of fused-ring (bicyclic) bond motifs is 1. The van der Waals surface area contributed by atoms with E-state index in [1.807, 2.05) is 12.1 Å². The van der Waals surface area contributed by atoms with Gasteiger partial charge in [0.15, 0.2) is 12.6 Å². The topological polar surface area (TPSA) is 80.3 Å². The molecule has 3 fully saturated rings. The van der Waals surface area contributed by atoms with Crippen LogP contribution >= 0.6 is 0 Å². The first kappa shape index (κ1) is 35.0. The van der Waals surface area contributed by atoms with Crippen molar-refractivity contribution in [2.45, 2.75) is 147 Å². The number of Topliss-reactive ketones (excluding diaryl/α,β-unsaturated/α-hetero) is 1. The quantitative estimate of drug-likeness (QED) is 0.0556. The summed E-state index contributed by atoms with van der Waals surface area (Å²) >= 11 is 0. The third-order valence-electron chi connectivity index (χ3n) is 9.97. The van der Waals surface area contributed by atoms with E-state index in [9.17, 15) is 9.59 Å². The first-order chi connectivity index (χ1) is 22.6. The van der Waals surface area contributed by atoms with Crippen molar-refractivity contribution in [2.24, 2.45) is 11.8 Å². The summed E-state index contributed by atoms with van der Waals surface area (Å²) in [6, 6.07) is 5.91. The van der Waals surface area contributed by atoms with Crippen molar-refractivity contribution in [1.82, 2.24) is 0 Å². The molecule has 1 saturated carbocycles. The number of rotatable bonds is 17. The van der Waals surface area contributed by atoms with Crippen molar-refractivity contribution in [3.63, 3.8) is 0 Å². The lowest BCUT2D eigenvalue weighted by Crippen LogP contribution is -2.52. The second-order valence-corrected chi connectivity index (χ2v) is 13.6. The molecule has 0 radical (unpaired) electrons. The summed E-state index contributed by atoms with van der Waals surface area (Å²) in [5.41, 5.74) is 2.55. The molecule has 2 unspecified atom stereocenters. The Kier molecular flexibility index (Phi) is 13.9. The Morgan fingerprint density at radius 3 is 2.33 bits per heavy atom. The Morgan fingerprint density at radius 2 is 1.61 bits per heavy atom. The van der Waals surface area contributed by atoms with Gasteiger partial charge in [-0.3, -0.25) is 4.79 Å². The number of carbonyl (C=O) groups is 2. The SMILES string of the molecule is CCCCCC/C=C/[C@H]1CCC(=O)[C@@H]1C/C=C\CCC(OC1CCCCO1)(OC1CCCCO1)C(=O)Oc1ccc2c(c1)CCC2. The molecule has 46 heavy (non-hydrogen) atoms. The molecule has 1 aromatic rings. The Morgan fingerprint density at radius 1 is 0.848 bits per heavy atom. The van der Waals surface area contributed by atoms with Gasteiger partial charge in [-0.1, -0.05) is 56.6 Å². The number of esters is 1. The van der Waals surface area contributed by atoms with Gasteiger partial charge in [-0.05, 0) is 119 Å². The smallest absolute Gasteiger partial charge is 0.372 e. The van der Waals surface area contributed by atoms with Crippen LogP contribution in [-0.2, 0) is 41.4 Å². The highest BCUT2D eigenvalue weighted by atomic mass is 16.8. The fourth-order valence-corrected chi connectivity index (χ4v) is 7.24. The Balaban J connectivity index is 1.26. The standard InChI is InChI=1S/C39H56O7/c1-2-3-4-5-6-8-16-31-23-25-35(40)34(31)19-9-7-12-26-39(45-36-20-10-13-27-42-36,46-37-21-11-14-28-43-37)38(41)44-33-24-22-30-17-15-18-32(30)29-33/h7-9,16,22,24,29,31,34,36-37H,2-6,10-15,17-21,23,25-28H2,1H3/b9-7-,16-8+/t31-,34+,36?,37?,39?/m0/s1. The molecule has 2 aliphatic carbocycles. The van der Waals surface area contributed by atoms with Crippen molar-refractivity contribution in [1.29, 1.82) is 0 Å². The Bertz CT molecular complexity index is 1140. The second-order valence-electron chi connectivity index (χ2n) is 13.6. The largest absolute Gasteiger partial charge is 0.423 e. The molecule has 0 amide bonds. The molecule has 0 N–H and O–H groups in total. The average Bonchev–Trinajstić information content (AvgIpc) is 3.69. The van der Waals surface area contributed by atoms with Crippen LogP contribution in [0.2, 0.25) is 0 Å². The van der Waals surface area contributed by atoms with E-state index in [1.165, 1.54) is 36.8 Å². The molecule has 1 aromatic carbocycles. The third-order valence-corrected chi connectivity index (χ3v) is 9.97. The highest BCUT2D eigenvalue weighted by Gasteiger charge is 2.48. The van der Waals surface area contributed by atoms with E-state index in [0.29, 0.717) is 62.8 Å². The van der Waals surface area contributed by atoms with Crippen LogP contribution < -0.4 is 4.74 Å². The highest BCUT2D eigenvalue weighted by molar-refractivity contribution is 5.84. The molecule has 0 bridgehead atoms. The van der Waals surface area contributed by atoms with Gasteiger partial charge in [0.05, 0.1) is 0 Å².